The van der Waals surface area contributed by atoms with Gasteiger partial charge < -0.3 is 24.8 Å². The second-order valence-electron chi connectivity index (χ2n) is 5.34. The summed E-state index contributed by atoms with van der Waals surface area (Å²) in [5.74, 6) is 0. The fourth-order valence-corrected chi connectivity index (χ4v) is 9.30. The monoisotopic (exact) mass is 501 g/mol. The van der Waals surface area contributed by atoms with Gasteiger partial charge in [-0.05, 0) is 0 Å². The van der Waals surface area contributed by atoms with Gasteiger partial charge in [-0.1, -0.05) is 0 Å². The Morgan fingerprint density at radius 2 is 1.96 bits per heavy atom. The van der Waals surface area contributed by atoms with E-state index >= 15 is 0 Å². The van der Waals surface area contributed by atoms with Crippen molar-refractivity contribution < 1.29 is 44.5 Å². The zero-order valence-corrected chi connectivity index (χ0v) is 18.4. The van der Waals surface area contributed by atoms with E-state index in [1.165, 1.54) is 28.8 Å². The number of aromatic nitrogens is 1. The first-order valence-corrected chi connectivity index (χ1v) is 13.6. The SMILES string of the molecule is [Cl-].[Cl-].[S]=[Zr+2]([C]1=CC=CC1)[c]1cncc2c1Cc1cc(Br)ccc1-2. The molecular weight excluding hydrogens is 492 g/mol. The molecule has 1 aromatic heterocycles. The molecule has 0 unspecified atom stereocenters. The van der Waals surface area contributed by atoms with Crippen LogP contribution in [0.4, 0.5) is 0 Å². The molecule has 0 spiro atoms. The van der Waals surface area contributed by atoms with Crippen molar-refractivity contribution in [1.29, 1.82) is 0 Å². The van der Waals surface area contributed by atoms with Crippen LogP contribution >= 0.6 is 24.8 Å². The molecule has 1 heterocycles. The van der Waals surface area contributed by atoms with E-state index in [0.717, 1.165) is 17.3 Å². The second kappa shape index (κ2) is 7.93. The van der Waals surface area contributed by atoms with Gasteiger partial charge in [0.1, 0.15) is 0 Å². The predicted molar refractivity (Wildman–Crippen MR) is 89.2 cm³/mol. The van der Waals surface area contributed by atoms with E-state index in [0.29, 0.717) is 0 Å². The first-order valence-electron chi connectivity index (χ1n) is 6.90. The second-order valence-corrected chi connectivity index (χ2v) is 13.2. The van der Waals surface area contributed by atoms with Crippen LogP contribution in [0.3, 0.4) is 0 Å². The molecule has 1 nitrogen and oxygen atoms in total. The summed E-state index contributed by atoms with van der Waals surface area (Å²) < 4.78 is 4.04. The Bertz CT molecular complexity index is 848. The number of allylic oxidation sites excluding steroid dienone is 4. The molecule has 4 rings (SSSR count). The number of hydrogen-bond acceptors (Lipinski definition) is 2. The molecule has 23 heavy (non-hydrogen) atoms. The molecule has 0 amide bonds. The van der Waals surface area contributed by atoms with Gasteiger partial charge in [0.15, 0.2) is 0 Å². The van der Waals surface area contributed by atoms with Crippen LogP contribution in [-0.4, -0.2) is 4.98 Å². The summed E-state index contributed by atoms with van der Waals surface area (Å²) in [7, 11) is 5.98. The van der Waals surface area contributed by atoms with Gasteiger partial charge >= 0.3 is 144 Å². The molecule has 6 heteroatoms. The van der Waals surface area contributed by atoms with Crippen molar-refractivity contribution >= 4 is 28.1 Å². The number of benzene rings is 1. The first-order chi connectivity index (χ1) is 10.2. The topological polar surface area (TPSA) is 12.9 Å². The average molecular weight is 504 g/mol. The van der Waals surface area contributed by atoms with Gasteiger partial charge in [0.25, 0.3) is 0 Å². The van der Waals surface area contributed by atoms with E-state index in [9.17, 15) is 0 Å². The Morgan fingerprint density at radius 1 is 1.13 bits per heavy atom. The van der Waals surface area contributed by atoms with Crippen molar-refractivity contribution in [3.8, 4) is 11.1 Å². The Labute approximate surface area is 167 Å². The third kappa shape index (κ3) is 3.52. The Hall–Kier alpha value is 0.0131. The third-order valence-electron chi connectivity index (χ3n) is 4.09. The van der Waals surface area contributed by atoms with Crippen molar-refractivity contribution in [1.82, 2.24) is 4.98 Å². The van der Waals surface area contributed by atoms with Gasteiger partial charge in [-0.25, -0.2) is 0 Å². The Balaban J connectivity index is 0.000000960. The number of rotatable bonds is 2. The van der Waals surface area contributed by atoms with Crippen LogP contribution < -0.4 is 28.1 Å². The van der Waals surface area contributed by atoms with Crippen molar-refractivity contribution in [2.75, 3.05) is 0 Å². The average Bonchev–Trinajstić information content (AvgIpc) is 3.13. The zero-order chi connectivity index (χ0) is 14.4. The fourth-order valence-electron chi connectivity index (χ4n) is 3.06. The standard InChI is InChI=1S/C12H7BrN.C5H5.2ClH.S.Zr/c13-10-1-2-11-9(6-10)5-8-3-4-14-7-12(8)11;1-2-4-5-3-1;;;;/h1-2,4,6-7H,5H2;1-3H,4H2;2*1H;;/q;;;;;+2/p-2. The molecule has 1 aromatic carbocycles. The summed E-state index contributed by atoms with van der Waals surface area (Å²) >= 11 is 1.44. The molecular formula is C17H12BrCl2NSZr. The van der Waals surface area contributed by atoms with Crippen LogP contribution in [0.1, 0.15) is 17.5 Å². The van der Waals surface area contributed by atoms with Gasteiger partial charge in [-0.15, -0.1) is 0 Å². The van der Waals surface area contributed by atoms with E-state index in [4.69, 9.17) is 8.86 Å². The van der Waals surface area contributed by atoms with E-state index in [2.05, 4.69) is 57.3 Å². The molecule has 2 aromatic rings. The molecule has 0 saturated carbocycles. The Kier molecular flexibility index (Phi) is 6.67. The molecule has 2 aliphatic carbocycles. The van der Waals surface area contributed by atoms with Crippen molar-refractivity contribution in [3.05, 3.63) is 67.7 Å². The summed E-state index contributed by atoms with van der Waals surface area (Å²) in [6, 6.07) is 6.53. The van der Waals surface area contributed by atoms with Crippen LogP contribution in [-0.2, 0) is 26.1 Å². The van der Waals surface area contributed by atoms with Gasteiger partial charge in [-0.2, -0.15) is 0 Å². The minimum absolute atomic E-state index is 0. The van der Waals surface area contributed by atoms with Crippen LogP contribution in [0.15, 0.2) is 56.6 Å². The molecule has 116 valence electrons. The van der Waals surface area contributed by atoms with E-state index in [1.54, 1.807) is 0 Å². The molecule has 0 fully saturated rings. The maximum absolute atomic E-state index is 5.98. The van der Waals surface area contributed by atoms with Gasteiger partial charge in [-0.3, -0.25) is 0 Å². The van der Waals surface area contributed by atoms with Crippen LogP contribution in [0.5, 0.6) is 0 Å². The Morgan fingerprint density at radius 3 is 2.70 bits per heavy atom. The molecule has 0 aliphatic heterocycles. The van der Waals surface area contributed by atoms with Gasteiger partial charge in [0.05, 0.1) is 0 Å². The number of nitrogens with zero attached hydrogens (tertiary/aromatic N) is 1. The minimum atomic E-state index is -2.13. The van der Waals surface area contributed by atoms with Crippen molar-refractivity contribution in [3.63, 3.8) is 0 Å². The van der Waals surface area contributed by atoms with Crippen LogP contribution in [0, 0.1) is 0 Å². The van der Waals surface area contributed by atoms with E-state index < -0.39 is 19.7 Å². The number of halogens is 3. The van der Waals surface area contributed by atoms with E-state index in [1.807, 2.05) is 12.4 Å². The van der Waals surface area contributed by atoms with Gasteiger partial charge in [0.2, 0.25) is 0 Å². The summed E-state index contributed by atoms with van der Waals surface area (Å²) in [6.07, 6.45) is 12.7. The summed E-state index contributed by atoms with van der Waals surface area (Å²) in [6.45, 7) is 0. The summed E-state index contributed by atoms with van der Waals surface area (Å²) in [4.78, 5) is 4.49. The molecule has 0 saturated heterocycles. The molecule has 0 N–H and O–H groups in total. The third-order valence-corrected chi connectivity index (χ3v) is 12.0. The summed E-state index contributed by atoms with van der Waals surface area (Å²) in [5, 5.41) is 0. The summed E-state index contributed by atoms with van der Waals surface area (Å²) in [5.41, 5.74) is 5.45. The van der Waals surface area contributed by atoms with Crippen molar-refractivity contribution in [2.45, 2.75) is 12.8 Å². The molecule has 0 atom stereocenters. The number of fused-ring (bicyclic) bond motifs is 3. The van der Waals surface area contributed by atoms with Crippen LogP contribution in [0.25, 0.3) is 11.1 Å². The molecule has 0 bridgehead atoms. The normalized spacial score (nSPS) is 13.1. The molecule has 2 aliphatic rings. The number of hydrogen-bond donors (Lipinski definition) is 0. The van der Waals surface area contributed by atoms with Crippen LogP contribution in [0.2, 0.25) is 0 Å². The predicted octanol–water partition coefficient (Wildman–Crippen LogP) is -1.38. The molecule has 0 radical (unpaired) electrons. The van der Waals surface area contributed by atoms with Gasteiger partial charge in [0, 0.05) is 0 Å². The van der Waals surface area contributed by atoms with Crippen molar-refractivity contribution in [2.24, 2.45) is 0 Å². The first kappa shape index (κ1) is 19.3. The maximum atomic E-state index is 5.98. The zero-order valence-electron chi connectivity index (χ0n) is 12.0. The fraction of sp³-hybridized carbons (Fsp3) is 0.118. The quantitative estimate of drug-likeness (QED) is 0.427. The van der Waals surface area contributed by atoms with E-state index in [-0.39, 0.29) is 24.8 Å². The number of pyridine rings is 1.